The Kier molecular flexibility index (Phi) is 35.6. The summed E-state index contributed by atoms with van der Waals surface area (Å²) < 4.78 is 1.21. The van der Waals surface area contributed by atoms with E-state index in [1.165, 1.54) is 249 Å². The monoisotopic (exact) mass is 656 g/mol. The minimum Gasteiger partial charge on any atom is -1.00 e. The van der Waals surface area contributed by atoms with E-state index in [0.717, 1.165) is 0 Å². The number of nitrogens with zero attached hydrogens (tertiary/aromatic N) is 2. The molecule has 0 saturated carbocycles. The van der Waals surface area contributed by atoms with E-state index in [0.29, 0.717) is 0 Å². The molecule has 3 nitrogen and oxygen atoms in total. The molecule has 0 radical (unpaired) electrons. The van der Waals surface area contributed by atoms with Crippen LogP contribution in [0.1, 0.15) is 219 Å². The van der Waals surface area contributed by atoms with Crippen molar-refractivity contribution in [1.82, 2.24) is 10.3 Å². The van der Waals surface area contributed by atoms with E-state index < -0.39 is 0 Å². The van der Waals surface area contributed by atoms with Gasteiger partial charge in [-0.25, -0.2) is 4.59 Å². The SMILES string of the molecule is CCCCCCCCCCCCCCCCCC[N+](C)(CCCCCCCCCCCCCCCCCC)N1CCNCC1.[Cl-]. The van der Waals surface area contributed by atoms with Gasteiger partial charge < -0.3 is 17.7 Å². The van der Waals surface area contributed by atoms with E-state index in [9.17, 15) is 0 Å². The molecule has 0 aromatic carbocycles. The van der Waals surface area contributed by atoms with Crippen LogP contribution in [-0.4, -0.2) is 55.9 Å². The largest absolute Gasteiger partial charge is 1.00 e. The van der Waals surface area contributed by atoms with Crippen molar-refractivity contribution in [3.63, 3.8) is 0 Å². The number of halogens is 1. The minimum atomic E-state index is 0. The number of rotatable bonds is 35. The van der Waals surface area contributed by atoms with Gasteiger partial charge in [-0.15, -0.1) is 0 Å². The summed E-state index contributed by atoms with van der Waals surface area (Å²) in [6.07, 6.45) is 46.7. The van der Waals surface area contributed by atoms with Gasteiger partial charge in [0.05, 0.1) is 33.2 Å². The summed E-state index contributed by atoms with van der Waals surface area (Å²) in [5.74, 6) is 0. The van der Waals surface area contributed by atoms with Gasteiger partial charge >= 0.3 is 0 Å². The maximum atomic E-state index is 3.58. The smallest absolute Gasteiger partial charge is 0.0962 e. The number of quaternary nitrogens is 1. The van der Waals surface area contributed by atoms with Crippen LogP contribution in [0, 0.1) is 0 Å². The summed E-state index contributed by atoms with van der Waals surface area (Å²) in [7, 11) is 2.56. The highest BCUT2D eigenvalue weighted by molar-refractivity contribution is 4.62. The van der Waals surface area contributed by atoms with E-state index >= 15 is 0 Å². The van der Waals surface area contributed by atoms with Crippen molar-refractivity contribution in [2.24, 2.45) is 0 Å². The molecular formula is C41H86ClN3. The number of unbranched alkanes of at least 4 members (excludes halogenated alkanes) is 30. The fourth-order valence-electron chi connectivity index (χ4n) is 7.53. The first-order valence-corrected chi connectivity index (χ1v) is 21.0. The van der Waals surface area contributed by atoms with Crippen LogP contribution in [-0.2, 0) is 0 Å². The summed E-state index contributed by atoms with van der Waals surface area (Å²) in [4.78, 5) is 0. The molecule has 0 atom stereocenters. The summed E-state index contributed by atoms with van der Waals surface area (Å²) in [5.41, 5.74) is 0. The Morgan fingerprint density at radius 3 is 0.844 bits per heavy atom. The summed E-state index contributed by atoms with van der Waals surface area (Å²) in [5, 5.41) is 6.38. The van der Waals surface area contributed by atoms with Crippen molar-refractivity contribution in [3.05, 3.63) is 0 Å². The quantitative estimate of drug-likeness (QED) is 0.0540. The van der Waals surface area contributed by atoms with Crippen molar-refractivity contribution in [3.8, 4) is 0 Å². The molecule has 0 unspecified atom stereocenters. The number of hydrogen-bond acceptors (Lipinski definition) is 2. The molecule has 0 amide bonds. The first-order valence-electron chi connectivity index (χ1n) is 21.0. The molecule has 0 aliphatic carbocycles. The van der Waals surface area contributed by atoms with Crippen molar-refractivity contribution < 1.29 is 17.0 Å². The third-order valence-electron chi connectivity index (χ3n) is 10.8. The fraction of sp³-hybridized carbons (Fsp3) is 1.00. The molecule has 1 aliphatic rings. The second kappa shape index (κ2) is 35.5. The zero-order valence-corrected chi connectivity index (χ0v) is 32.4. The highest BCUT2D eigenvalue weighted by Gasteiger charge is 2.30. The fourth-order valence-corrected chi connectivity index (χ4v) is 7.53. The molecule has 1 fully saturated rings. The normalized spacial score (nSPS) is 14.2. The number of piperazine rings is 1. The molecule has 272 valence electrons. The maximum absolute atomic E-state index is 3.58. The van der Waals surface area contributed by atoms with Crippen LogP contribution in [0.15, 0.2) is 0 Å². The predicted octanol–water partition coefficient (Wildman–Crippen LogP) is 9.78. The van der Waals surface area contributed by atoms with Gasteiger partial charge in [0.25, 0.3) is 0 Å². The number of nitrogens with one attached hydrogen (secondary N) is 1. The molecule has 0 bridgehead atoms. The van der Waals surface area contributed by atoms with Crippen molar-refractivity contribution in [2.45, 2.75) is 219 Å². The van der Waals surface area contributed by atoms with E-state index in [4.69, 9.17) is 0 Å². The predicted molar refractivity (Wildman–Crippen MR) is 199 cm³/mol. The Morgan fingerprint density at radius 2 is 0.600 bits per heavy atom. The molecule has 0 aromatic rings. The zero-order chi connectivity index (χ0) is 31.7. The molecule has 1 N–H and O–H groups in total. The Bertz CT molecular complexity index is 515. The topological polar surface area (TPSA) is 15.3 Å². The van der Waals surface area contributed by atoms with Gasteiger partial charge in [-0.05, 0) is 25.7 Å². The molecule has 1 rings (SSSR count). The van der Waals surface area contributed by atoms with Crippen molar-refractivity contribution in [2.75, 3.05) is 46.3 Å². The van der Waals surface area contributed by atoms with Gasteiger partial charge in [-0.1, -0.05) is 194 Å². The van der Waals surface area contributed by atoms with Gasteiger partial charge in [-0.3, -0.25) is 0 Å². The first-order chi connectivity index (χ1) is 21.7. The van der Waals surface area contributed by atoms with Crippen LogP contribution in [0.2, 0.25) is 0 Å². The van der Waals surface area contributed by atoms with Gasteiger partial charge in [-0.2, -0.15) is 5.01 Å². The lowest BCUT2D eigenvalue weighted by Crippen LogP contribution is -3.00. The standard InChI is InChI=1S/C41H86N3.ClH/c1-4-6-8-10-12-14-16-18-20-22-24-26-28-30-32-34-40-44(3,43-38-36-42-37-39-43)41-35-33-31-29-27-25-23-21-19-17-15-13-11-9-7-5-2;/h42H,4-41H2,1-3H3;1H/q+1;/p-1. The molecule has 1 aliphatic heterocycles. The Hall–Kier alpha value is 0.170. The molecule has 0 aromatic heterocycles. The van der Waals surface area contributed by atoms with E-state index in [2.05, 4.69) is 31.2 Å². The summed E-state index contributed by atoms with van der Waals surface area (Å²) >= 11 is 0. The van der Waals surface area contributed by atoms with Crippen LogP contribution >= 0.6 is 0 Å². The van der Waals surface area contributed by atoms with Crippen LogP contribution in [0.5, 0.6) is 0 Å². The highest BCUT2D eigenvalue weighted by Crippen LogP contribution is 2.19. The zero-order valence-electron chi connectivity index (χ0n) is 31.6. The molecule has 1 heterocycles. The van der Waals surface area contributed by atoms with Crippen LogP contribution < -0.4 is 17.7 Å². The average Bonchev–Trinajstić information content (AvgIpc) is 3.04. The summed E-state index contributed by atoms with van der Waals surface area (Å²) in [6.45, 7) is 12.1. The first kappa shape index (κ1) is 45.2. The molecule has 4 heteroatoms. The highest BCUT2D eigenvalue weighted by atomic mass is 35.5. The van der Waals surface area contributed by atoms with Crippen LogP contribution in [0.3, 0.4) is 0 Å². The lowest BCUT2D eigenvalue weighted by Gasteiger charge is -2.45. The average molecular weight is 657 g/mol. The van der Waals surface area contributed by atoms with E-state index in [1.807, 2.05) is 0 Å². The lowest BCUT2D eigenvalue weighted by molar-refractivity contribution is -1.02. The van der Waals surface area contributed by atoms with Crippen molar-refractivity contribution >= 4 is 0 Å². The molecule has 0 spiro atoms. The molecule has 45 heavy (non-hydrogen) atoms. The third-order valence-corrected chi connectivity index (χ3v) is 10.8. The van der Waals surface area contributed by atoms with Gasteiger partial charge in [0.2, 0.25) is 0 Å². The third kappa shape index (κ3) is 28.9. The van der Waals surface area contributed by atoms with Crippen LogP contribution in [0.25, 0.3) is 0 Å². The number of hydrogen-bond donors (Lipinski definition) is 1. The second-order valence-electron chi connectivity index (χ2n) is 15.1. The van der Waals surface area contributed by atoms with Gasteiger partial charge in [0, 0.05) is 13.1 Å². The Morgan fingerprint density at radius 1 is 0.378 bits per heavy atom. The minimum absolute atomic E-state index is 0. The maximum Gasteiger partial charge on any atom is 0.0962 e. The van der Waals surface area contributed by atoms with Crippen LogP contribution in [0.4, 0.5) is 0 Å². The summed E-state index contributed by atoms with van der Waals surface area (Å²) in [6, 6.07) is 0. The van der Waals surface area contributed by atoms with E-state index in [-0.39, 0.29) is 12.4 Å². The van der Waals surface area contributed by atoms with Gasteiger partial charge in [0.15, 0.2) is 0 Å². The van der Waals surface area contributed by atoms with Gasteiger partial charge in [0.1, 0.15) is 0 Å². The Balaban J connectivity index is 0.0000194. The Labute approximate surface area is 292 Å². The van der Waals surface area contributed by atoms with E-state index in [1.54, 1.807) is 0 Å². The lowest BCUT2D eigenvalue weighted by atomic mass is 10.0. The molecular weight excluding hydrogens is 570 g/mol. The molecule has 1 saturated heterocycles. The second-order valence-corrected chi connectivity index (χ2v) is 15.1. The van der Waals surface area contributed by atoms with Crippen molar-refractivity contribution in [1.29, 1.82) is 0 Å².